The Labute approximate surface area is 76.4 Å². The van der Waals surface area contributed by atoms with Gasteiger partial charge in [0.25, 0.3) is 0 Å². The zero-order valence-electron chi connectivity index (χ0n) is 7.40. The normalized spacial score (nSPS) is 18.2. The molecule has 1 aliphatic rings. The second-order valence-electron chi connectivity index (χ2n) is 3.00. The SMILES string of the molecule is NC(=O)N1CCCN(C(N)=O)CC1. The van der Waals surface area contributed by atoms with Gasteiger partial charge in [-0.15, -0.1) is 0 Å². The van der Waals surface area contributed by atoms with Crippen LogP contribution in [-0.4, -0.2) is 48.0 Å². The molecule has 1 saturated heterocycles. The molecule has 0 spiro atoms. The number of nitrogens with zero attached hydrogens (tertiary/aromatic N) is 2. The second kappa shape index (κ2) is 3.97. The highest BCUT2D eigenvalue weighted by atomic mass is 16.2. The van der Waals surface area contributed by atoms with Crippen molar-refractivity contribution in [1.29, 1.82) is 0 Å². The van der Waals surface area contributed by atoms with E-state index in [0.717, 1.165) is 6.42 Å². The van der Waals surface area contributed by atoms with Gasteiger partial charge in [0.1, 0.15) is 0 Å². The average Bonchev–Trinajstić information content (AvgIpc) is 2.27. The number of primary amides is 2. The fraction of sp³-hybridized carbons (Fsp3) is 0.714. The number of nitrogens with two attached hydrogens (primary N) is 2. The van der Waals surface area contributed by atoms with Crippen LogP contribution >= 0.6 is 0 Å². The van der Waals surface area contributed by atoms with Crippen molar-refractivity contribution in [3.63, 3.8) is 0 Å². The molecule has 0 aromatic heterocycles. The first-order valence-electron chi connectivity index (χ1n) is 4.20. The maximum atomic E-state index is 10.8. The molecule has 0 radical (unpaired) electrons. The summed E-state index contributed by atoms with van der Waals surface area (Å²) in [6.07, 6.45) is 0.728. The Balaban J connectivity index is 2.48. The van der Waals surface area contributed by atoms with Gasteiger partial charge in [0.15, 0.2) is 0 Å². The van der Waals surface area contributed by atoms with Crippen LogP contribution in [0.15, 0.2) is 0 Å². The minimum atomic E-state index is -0.439. The van der Waals surface area contributed by atoms with Crippen molar-refractivity contribution >= 4 is 12.1 Å². The third kappa shape index (κ3) is 2.50. The van der Waals surface area contributed by atoms with E-state index in [1.54, 1.807) is 0 Å². The van der Waals surface area contributed by atoms with Crippen LogP contribution in [0.25, 0.3) is 0 Å². The molecule has 74 valence electrons. The molecule has 1 heterocycles. The van der Waals surface area contributed by atoms with Crippen LogP contribution < -0.4 is 11.5 Å². The minimum Gasteiger partial charge on any atom is -0.351 e. The van der Waals surface area contributed by atoms with E-state index >= 15 is 0 Å². The van der Waals surface area contributed by atoms with E-state index in [0.29, 0.717) is 26.2 Å². The molecular formula is C7H14N4O2. The number of hydrogen-bond donors (Lipinski definition) is 2. The lowest BCUT2D eigenvalue weighted by Crippen LogP contribution is -2.41. The molecule has 0 unspecified atom stereocenters. The molecule has 4 N–H and O–H groups in total. The van der Waals surface area contributed by atoms with Gasteiger partial charge < -0.3 is 21.3 Å². The molecule has 1 rings (SSSR count). The van der Waals surface area contributed by atoms with Crippen molar-refractivity contribution in [1.82, 2.24) is 9.80 Å². The molecule has 0 aromatic rings. The van der Waals surface area contributed by atoms with E-state index in [9.17, 15) is 9.59 Å². The Kier molecular flexibility index (Phi) is 2.94. The Morgan fingerprint density at radius 1 is 0.846 bits per heavy atom. The highest BCUT2D eigenvalue weighted by Crippen LogP contribution is 2.01. The van der Waals surface area contributed by atoms with Crippen LogP contribution in [0.5, 0.6) is 0 Å². The Bertz CT molecular complexity index is 197. The van der Waals surface area contributed by atoms with Gasteiger partial charge in [-0.1, -0.05) is 0 Å². The van der Waals surface area contributed by atoms with Crippen LogP contribution in [0.1, 0.15) is 6.42 Å². The predicted octanol–water partition coefficient (Wildman–Crippen LogP) is -0.848. The maximum Gasteiger partial charge on any atom is 0.314 e. The maximum absolute atomic E-state index is 10.8. The Hall–Kier alpha value is -1.46. The average molecular weight is 186 g/mol. The number of amides is 4. The lowest BCUT2D eigenvalue weighted by atomic mass is 10.4. The topological polar surface area (TPSA) is 92.7 Å². The van der Waals surface area contributed by atoms with Gasteiger partial charge in [-0.05, 0) is 6.42 Å². The van der Waals surface area contributed by atoms with Gasteiger partial charge in [0, 0.05) is 26.2 Å². The smallest absolute Gasteiger partial charge is 0.314 e. The van der Waals surface area contributed by atoms with Crippen molar-refractivity contribution in [2.24, 2.45) is 11.5 Å². The number of hydrogen-bond acceptors (Lipinski definition) is 2. The third-order valence-electron chi connectivity index (χ3n) is 2.12. The van der Waals surface area contributed by atoms with Gasteiger partial charge in [-0.3, -0.25) is 0 Å². The van der Waals surface area contributed by atoms with Crippen LogP contribution in [-0.2, 0) is 0 Å². The first-order valence-corrected chi connectivity index (χ1v) is 4.20. The monoisotopic (exact) mass is 186 g/mol. The Morgan fingerprint density at radius 3 is 1.54 bits per heavy atom. The van der Waals surface area contributed by atoms with Crippen LogP contribution in [0, 0.1) is 0 Å². The summed E-state index contributed by atoms with van der Waals surface area (Å²) in [5, 5.41) is 0. The number of carbonyl (C=O) groups excluding carboxylic acids is 2. The summed E-state index contributed by atoms with van der Waals surface area (Å²) in [7, 11) is 0. The molecule has 0 aliphatic carbocycles. The standard InChI is InChI=1S/C7H14N4O2/c8-6(12)10-2-1-3-11(5-4-10)7(9)13/h1-5H2,(H2,8,12)(H2,9,13). The van der Waals surface area contributed by atoms with Gasteiger partial charge in [0.2, 0.25) is 0 Å². The highest BCUT2D eigenvalue weighted by Gasteiger charge is 2.18. The fourth-order valence-corrected chi connectivity index (χ4v) is 1.36. The third-order valence-corrected chi connectivity index (χ3v) is 2.12. The summed E-state index contributed by atoms with van der Waals surface area (Å²) in [5.74, 6) is 0. The molecule has 4 amide bonds. The van der Waals surface area contributed by atoms with Crippen LogP contribution in [0.3, 0.4) is 0 Å². The summed E-state index contributed by atoms with van der Waals surface area (Å²) in [6.45, 7) is 2.13. The summed E-state index contributed by atoms with van der Waals surface area (Å²) in [6, 6.07) is -0.877. The molecular weight excluding hydrogens is 172 g/mol. The van der Waals surface area contributed by atoms with Gasteiger partial charge in [-0.2, -0.15) is 0 Å². The number of carbonyl (C=O) groups is 2. The first kappa shape index (κ1) is 9.63. The minimum absolute atomic E-state index is 0.439. The van der Waals surface area contributed by atoms with E-state index in [4.69, 9.17) is 11.5 Å². The van der Waals surface area contributed by atoms with E-state index < -0.39 is 12.1 Å². The van der Waals surface area contributed by atoms with Crippen molar-refractivity contribution in [2.75, 3.05) is 26.2 Å². The summed E-state index contributed by atoms with van der Waals surface area (Å²) in [4.78, 5) is 24.6. The summed E-state index contributed by atoms with van der Waals surface area (Å²) >= 11 is 0. The molecule has 1 fully saturated rings. The zero-order chi connectivity index (χ0) is 9.84. The zero-order valence-corrected chi connectivity index (χ0v) is 7.40. The second-order valence-corrected chi connectivity index (χ2v) is 3.00. The fourth-order valence-electron chi connectivity index (χ4n) is 1.36. The molecule has 0 saturated carbocycles. The molecule has 1 aliphatic heterocycles. The first-order chi connectivity index (χ1) is 6.11. The summed E-state index contributed by atoms with van der Waals surface area (Å²) < 4.78 is 0. The number of urea groups is 2. The van der Waals surface area contributed by atoms with Gasteiger partial charge in [-0.25, -0.2) is 9.59 Å². The molecule has 0 atom stereocenters. The summed E-state index contributed by atoms with van der Waals surface area (Å²) in [5.41, 5.74) is 10.2. The molecule has 0 aromatic carbocycles. The van der Waals surface area contributed by atoms with Crippen LogP contribution in [0.4, 0.5) is 9.59 Å². The van der Waals surface area contributed by atoms with Crippen molar-refractivity contribution in [3.8, 4) is 0 Å². The molecule has 6 heteroatoms. The van der Waals surface area contributed by atoms with Crippen molar-refractivity contribution < 1.29 is 9.59 Å². The molecule has 0 bridgehead atoms. The van der Waals surface area contributed by atoms with E-state index in [2.05, 4.69) is 0 Å². The van der Waals surface area contributed by atoms with Crippen molar-refractivity contribution in [2.45, 2.75) is 6.42 Å². The highest BCUT2D eigenvalue weighted by molar-refractivity contribution is 5.73. The lowest BCUT2D eigenvalue weighted by Gasteiger charge is -2.18. The quantitative estimate of drug-likeness (QED) is 0.515. The van der Waals surface area contributed by atoms with Gasteiger partial charge in [0.05, 0.1) is 0 Å². The Morgan fingerprint density at radius 2 is 1.23 bits per heavy atom. The largest absolute Gasteiger partial charge is 0.351 e. The van der Waals surface area contributed by atoms with E-state index in [-0.39, 0.29) is 0 Å². The van der Waals surface area contributed by atoms with Crippen LogP contribution in [0.2, 0.25) is 0 Å². The molecule has 6 nitrogen and oxygen atoms in total. The van der Waals surface area contributed by atoms with Gasteiger partial charge >= 0.3 is 12.1 Å². The van der Waals surface area contributed by atoms with Crippen molar-refractivity contribution in [3.05, 3.63) is 0 Å². The predicted molar refractivity (Wildman–Crippen MR) is 46.9 cm³/mol. The van der Waals surface area contributed by atoms with E-state index in [1.165, 1.54) is 9.80 Å². The molecule has 13 heavy (non-hydrogen) atoms. The van der Waals surface area contributed by atoms with E-state index in [1.807, 2.05) is 0 Å². The number of rotatable bonds is 0. The lowest BCUT2D eigenvalue weighted by molar-refractivity contribution is 0.201.